The maximum absolute atomic E-state index is 6.53. The quantitative estimate of drug-likeness (QED) is 0.197. The number of amidine groups is 2. The summed E-state index contributed by atoms with van der Waals surface area (Å²) in [5, 5.41) is 13.2. The van der Waals surface area contributed by atoms with Crippen LogP contribution in [-0.2, 0) is 0 Å². The first-order valence-electron chi connectivity index (χ1n) is 16.6. The second kappa shape index (κ2) is 11.0. The van der Waals surface area contributed by atoms with E-state index in [9.17, 15) is 0 Å². The van der Waals surface area contributed by atoms with Crippen LogP contribution in [0.2, 0.25) is 0 Å². The molecule has 1 unspecified atom stereocenters. The highest BCUT2D eigenvalue weighted by molar-refractivity contribution is 6.16. The molecular formula is C45H29N3O. The van der Waals surface area contributed by atoms with Crippen molar-refractivity contribution in [3.63, 3.8) is 0 Å². The Balaban J connectivity index is 1.09. The second-order valence-corrected chi connectivity index (χ2v) is 12.6. The van der Waals surface area contributed by atoms with Crippen LogP contribution in [-0.4, -0.2) is 11.7 Å². The fraction of sp³-hybridized carbons (Fsp3) is 0.0222. The number of rotatable bonds is 4. The maximum atomic E-state index is 6.53. The highest BCUT2D eigenvalue weighted by Gasteiger charge is 2.25. The molecule has 10 rings (SSSR count). The molecule has 0 amide bonds. The normalized spacial score (nSPS) is 14.7. The van der Waals surface area contributed by atoms with Crippen molar-refractivity contribution < 1.29 is 4.42 Å². The number of furan rings is 1. The Labute approximate surface area is 282 Å². The lowest BCUT2D eigenvalue weighted by Gasteiger charge is -2.24. The van der Waals surface area contributed by atoms with E-state index in [0.717, 1.165) is 55.6 Å². The molecule has 1 N–H and O–H groups in total. The first-order valence-corrected chi connectivity index (χ1v) is 16.6. The molecule has 49 heavy (non-hydrogen) atoms. The van der Waals surface area contributed by atoms with Gasteiger partial charge >= 0.3 is 0 Å². The van der Waals surface area contributed by atoms with E-state index in [2.05, 4.69) is 145 Å². The summed E-state index contributed by atoms with van der Waals surface area (Å²) in [5.41, 5.74) is 7.01. The third-order valence-electron chi connectivity index (χ3n) is 9.70. The second-order valence-electron chi connectivity index (χ2n) is 12.6. The van der Waals surface area contributed by atoms with Gasteiger partial charge in [0.15, 0.2) is 5.84 Å². The van der Waals surface area contributed by atoms with Crippen molar-refractivity contribution >= 4 is 65.9 Å². The van der Waals surface area contributed by atoms with Crippen molar-refractivity contribution in [3.8, 4) is 11.1 Å². The molecule has 0 spiro atoms. The molecule has 230 valence electrons. The standard InChI is InChI=1S/C45H29N3O/c1-2-11-30(12-3-1)43-46-44(35-22-23-37-34(26-35)20-18-29-10-6-7-14-36(29)37)48-45(47-43)39-15-8-16-40-42(39)38-24-21-33(27-41(38)49-40)32-19-17-28-9-4-5-13-31(28)25-32/h1-27,45H,(H,46,47,48). The predicted molar refractivity (Wildman–Crippen MR) is 204 cm³/mol. The van der Waals surface area contributed by atoms with Crippen molar-refractivity contribution in [2.75, 3.05) is 0 Å². The fourth-order valence-corrected chi connectivity index (χ4v) is 7.26. The van der Waals surface area contributed by atoms with Gasteiger partial charge in [-0.15, -0.1) is 0 Å². The molecule has 0 bridgehead atoms. The van der Waals surface area contributed by atoms with Gasteiger partial charge in [0.25, 0.3) is 0 Å². The van der Waals surface area contributed by atoms with Crippen LogP contribution in [0.1, 0.15) is 22.9 Å². The van der Waals surface area contributed by atoms with Crippen LogP contribution in [0.4, 0.5) is 0 Å². The van der Waals surface area contributed by atoms with Crippen molar-refractivity contribution in [2.24, 2.45) is 9.98 Å². The van der Waals surface area contributed by atoms with Crippen molar-refractivity contribution in [1.82, 2.24) is 5.32 Å². The van der Waals surface area contributed by atoms with Gasteiger partial charge in [0, 0.05) is 27.5 Å². The molecule has 9 aromatic rings. The minimum Gasteiger partial charge on any atom is -0.456 e. The average Bonchev–Trinajstić information content (AvgIpc) is 3.56. The van der Waals surface area contributed by atoms with E-state index >= 15 is 0 Å². The zero-order chi connectivity index (χ0) is 32.3. The van der Waals surface area contributed by atoms with Gasteiger partial charge in [-0.05, 0) is 73.8 Å². The molecule has 1 aliphatic rings. The van der Waals surface area contributed by atoms with Crippen molar-refractivity contribution in [1.29, 1.82) is 0 Å². The van der Waals surface area contributed by atoms with E-state index < -0.39 is 0 Å². The van der Waals surface area contributed by atoms with Gasteiger partial charge in [-0.25, -0.2) is 9.98 Å². The predicted octanol–water partition coefficient (Wildman–Crippen LogP) is 11.2. The summed E-state index contributed by atoms with van der Waals surface area (Å²) in [4.78, 5) is 10.3. The molecule has 2 heterocycles. The largest absolute Gasteiger partial charge is 0.456 e. The summed E-state index contributed by atoms with van der Waals surface area (Å²) >= 11 is 0. The Bertz CT molecular complexity index is 2810. The van der Waals surface area contributed by atoms with Crippen LogP contribution in [0.25, 0.3) is 65.4 Å². The lowest BCUT2D eigenvalue weighted by atomic mass is 9.98. The number of aliphatic imine (C=N–C) groups is 2. The van der Waals surface area contributed by atoms with Gasteiger partial charge in [-0.3, -0.25) is 0 Å². The summed E-state index contributed by atoms with van der Waals surface area (Å²) in [6.45, 7) is 0. The van der Waals surface area contributed by atoms with Gasteiger partial charge in [0.05, 0.1) is 0 Å². The Morgan fingerprint density at radius 3 is 2.04 bits per heavy atom. The average molecular weight is 628 g/mol. The third kappa shape index (κ3) is 4.68. The lowest BCUT2D eigenvalue weighted by Crippen LogP contribution is -2.33. The molecule has 1 aromatic heterocycles. The van der Waals surface area contributed by atoms with Crippen molar-refractivity contribution in [3.05, 3.63) is 180 Å². The van der Waals surface area contributed by atoms with Crippen LogP contribution >= 0.6 is 0 Å². The summed E-state index contributed by atoms with van der Waals surface area (Å²) in [7, 11) is 0. The minimum atomic E-state index is -0.375. The summed E-state index contributed by atoms with van der Waals surface area (Å²) in [6.07, 6.45) is -0.375. The number of nitrogens with zero attached hydrogens (tertiary/aromatic N) is 2. The summed E-state index contributed by atoms with van der Waals surface area (Å²) in [5.74, 6) is 1.48. The van der Waals surface area contributed by atoms with Crippen molar-refractivity contribution in [2.45, 2.75) is 6.17 Å². The van der Waals surface area contributed by atoms with Gasteiger partial charge in [0.2, 0.25) is 0 Å². The first kappa shape index (κ1) is 27.6. The Morgan fingerprint density at radius 2 is 1.12 bits per heavy atom. The van der Waals surface area contributed by atoms with E-state index in [1.165, 1.54) is 32.3 Å². The van der Waals surface area contributed by atoms with Gasteiger partial charge in [0.1, 0.15) is 23.2 Å². The molecule has 4 heteroatoms. The number of hydrogen-bond acceptors (Lipinski definition) is 4. The van der Waals surface area contributed by atoms with E-state index in [-0.39, 0.29) is 6.17 Å². The van der Waals surface area contributed by atoms with Crippen LogP contribution in [0, 0.1) is 0 Å². The van der Waals surface area contributed by atoms with E-state index in [1.807, 2.05) is 24.3 Å². The highest BCUT2D eigenvalue weighted by atomic mass is 16.3. The van der Waals surface area contributed by atoms with Crippen LogP contribution in [0.5, 0.6) is 0 Å². The zero-order valence-electron chi connectivity index (χ0n) is 26.5. The fourth-order valence-electron chi connectivity index (χ4n) is 7.26. The van der Waals surface area contributed by atoms with Crippen LogP contribution in [0.15, 0.2) is 178 Å². The van der Waals surface area contributed by atoms with E-state index in [1.54, 1.807) is 0 Å². The van der Waals surface area contributed by atoms with Gasteiger partial charge in [-0.2, -0.15) is 0 Å². The lowest BCUT2D eigenvalue weighted by molar-refractivity contribution is 0.662. The topological polar surface area (TPSA) is 49.9 Å². The maximum Gasteiger partial charge on any atom is 0.159 e. The smallest absolute Gasteiger partial charge is 0.159 e. The SMILES string of the molecule is c1ccc(C2=NC(c3cccc4oc5cc(-c6ccc7ccccc7c6)ccc5c34)NC(c3ccc4c(ccc5ccccc54)c3)=N2)cc1. The monoisotopic (exact) mass is 627 g/mol. The molecular weight excluding hydrogens is 599 g/mol. The minimum absolute atomic E-state index is 0.375. The highest BCUT2D eigenvalue weighted by Crippen LogP contribution is 2.38. The van der Waals surface area contributed by atoms with Crippen LogP contribution < -0.4 is 5.32 Å². The van der Waals surface area contributed by atoms with Crippen LogP contribution in [0.3, 0.4) is 0 Å². The van der Waals surface area contributed by atoms with E-state index in [4.69, 9.17) is 14.4 Å². The van der Waals surface area contributed by atoms with Gasteiger partial charge < -0.3 is 9.73 Å². The number of fused-ring (bicyclic) bond motifs is 7. The Morgan fingerprint density at radius 1 is 0.449 bits per heavy atom. The molecule has 0 saturated heterocycles. The Hall–Kier alpha value is -6.52. The Kier molecular flexibility index (Phi) is 6.21. The molecule has 0 radical (unpaired) electrons. The first-order chi connectivity index (χ1) is 24.2. The molecule has 0 fully saturated rings. The molecule has 4 nitrogen and oxygen atoms in total. The summed E-state index contributed by atoms with van der Waals surface area (Å²) in [6, 6.07) is 57.5. The third-order valence-corrected chi connectivity index (χ3v) is 9.70. The molecule has 0 saturated carbocycles. The van der Waals surface area contributed by atoms with E-state index in [0.29, 0.717) is 5.84 Å². The molecule has 1 atom stereocenters. The number of hydrogen-bond donors (Lipinski definition) is 1. The number of benzene rings is 8. The molecule has 1 aliphatic heterocycles. The molecule has 0 aliphatic carbocycles. The number of nitrogens with one attached hydrogen (secondary N) is 1. The van der Waals surface area contributed by atoms with Gasteiger partial charge in [-0.1, -0.05) is 133 Å². The summed E-state index contributed by atoms with van der Waals surface area (Å²) < 4.78 is 6.53. The molecule has 8 aromatic carbocycles. The zero-order valence-corrected chi connectivity index (χ0v) is 26.5.